The van der Waals surface area contributed by atoms with Crippen molar-refractivity contribution in [2.75, 3.05) is 5.73 Å². The van der Waals surface area contributed by atoms with Crippen LogP contribution in [-0.4, -0.2) is 0 Å². The molecular weight excluding hydrogens is 314 g/mol. The van der Waals surface area contributed by atoms with Gasteiger partial charge in [-0.3, -0.25) is 5.73 Å². The summed E-state index contributed by atoms with van der Waals surface area (Å²) >= 11 is 3.46. The molecule has 2 aromatic rings. The van der Waals surface area contributed by atoms with Crippen LogP contribution in [0.4, 0.5) is 5.82 Å². The van der Waals surface area contributed by atoms with Gasteiger partial charge in [-0.05, 0) is 29.7 Å². The fraction of sp³-hybridized carbons (Fsp3) is 0.250. The van der Waals surface area contributed by atoms with Crippen LogP contribution < -0.4 is 10.7 Å². The first-order valence-electron chi connectivity index (χ1n) is 6.52. The Morgan fingerprint density at radius 2 is 2.10 bits per heavy atom. The van der Waals surface area contributed by atoms with E-state index in [2.05, 4.69) is 40.8 Å². The number of anilines is 1. The molecule has 0 fully saturated rings. The van der Waals surface area contributed by atoms with Gasteiger partial charge in [0, 0.05) is 16.5 Å². The lowest BCUT2D eigenvalue weighted by atomic mass is 9.98. The van der Waals surface area contributed by atoms with Gasteiger partial charge in [0.05, 0.1) is 0 Å². The molecule has 0 atom stereocenters. The van der Waals surface area contributed by atoms with E-state index in [9.17, 15) is 5.26 Å². The highest BCUT2D eigenvalue weighted by molar-refractivity contribution is 9.10. The third-order valence-corrected chi connectivity index (χ3v) is 3.52. The van der Waals surface area contributed by atoms with E-state index in [-0.39, 0.29) is 0 Å². The summed E-state index contributed by atoms with van der Waals surface area (Å²) in [6, 6.07) is 12.1. The number of hydrogen-bond donors (Lipinski definition) is 1. The van der Waals surface area contributed by atoms with E-state index < -0.39 is 0 Å². The third-order valence-electron chi connectivity index (χ3n) is 3.03. The SMILES string of the molecule is CC(C)Cc1cc(-c2cccc(Br)c2)c(C#N)c(N)[nH+]1. The normalized spacial score (nSPS) is 10.6. The van der Waals surface area contributed by atoms with Gasteiger partial charge >= 0.3 is 0 Å². The topological polar surface area (TPSA) is 64.0 Å². The van der Waals surface area contributed by atoms with E-state index in [0.29, 0.717) is 17.3 Å². The van der Waals surface area contributed by atoms with Crippen LogP contribution in [0.25, 0.3) is 11.1 Å². The van der Waals surface area contributed by atoms with Crippen LogP contribution in [0.15, 0.2) is 34.8 Å². The van der Waals surface area contributed by atoms with Crippen molar-refractivity contribution in [1.29, 1.82) is 5.26 Å². The van der Waals surface area contributed by atoms with Gasteiger partial charge in [-0.25, -0.2) is 4.98 Å². The molecule has 0 unspecified atom stereocenters. The summed E-state index contributed by atoms with van der Waals surface area (Å²) < 4.78 is 0.982. The van der Waals surface area contributed by atoms with Crippen LogP contribution in [0.1, 0.15) is 25.1 Å². The number of aromatic amines is 1. The van der Waals surface area contributed by atoms with Crippen LogP contribution in [0.3, 0.4) is 0 Å². The molecule has 0 spiro atoms. The van der Waals surface area contributed by atoms with E-state index in [1.54, 1.807) is 0 Å². The van der Waals surface area contributed by atoms with Gasteiger partial charge in [0.1, 0.15) is 17.3 Å². The number of H-pyrrole nitrogens is 1. The zero-order valence-electron chi connectivity index (χ0n) is 11.6. The Labute approximate surface area is 127 Å². The van der Waals surface area contributed by atoms with Crippen molar-refractivity contribution in [3.8, 4) is 17.2 Å². The van der Waals surface area contributed by atoms with Gasteiger partial charge in [0.25, 0.3) is 5.82 Å². The van der Waals surface area contributed by atoms with Crippen LogP contribution in [0, 0.1) is 17.2 Å². The van der Waals surface area contributed by atoms with Gasteiger partial charge < -0.3 is 0 Å². The number of hydrogen-bond acceptors (Lipinski definition) is 2. The number of nitrogens with one attached hydrogen (secondary N) is 1. The molecule has 0 aliphatic heterocycles. The number of nitriles is 1. The summed E-state index contributed by atoms with van der Waals surface area (Å²) in [7, 11) is 0. The maximum absolute atomic E-state index is 9.34. The molecule has 0 saturated carbocycles. The average Bonchev–Trinajstić information content (AvgIpc) is 2.37. The minimum atomic E-state index is 0.431. The summed E-state index contributed by atoms with van der Waals surface area (Å²) in [5.74, 6) is 0.953. The van der Waals surface area contributed by atoms with Crippen molar-refractivity contribution in [3.63, 3.8) is 0 Å². The summed E-state index contributed by atoms with van der Waals surface area (Å²) in [6.07, 6.45) is 0.900. The Kier molecular flexibility index (Phi) is 4.41. The van der Waals surface area contributed by atoms with Gasteiger partial charge in [0.2, 0.25) is 0 Å². The Hall–Kier alpha value is -1.86. The molecule has 2 rings (SSSR count). The second-order valence-electron chi connectivity index (χ2n) is 5.22. The molecule has 0 radical (unpaired) electrons. The van der Waals surface area contributed by atoms with Crippen molar-refractivity contribution in [1.82, 2.24) is 0 Å². The van der Waals surface area contributed by atoms with Gasteiger partial charge in [-0.2, -0.15) is 5.26 Å². The van der Waals surface area contributed by atoms with Crippen molar-refractivity contribution >= 4 is 21.7 Å². The maximum atomic E-state index is 9.34. The second kappa shape index (κ2) is 6.06. The summed E-state index contributed by atoms with van der Waals surface area (Å²) in [4.78, 5) is 3.13. The van der Waals surface area contributed by atoms with Gasteiger partial charge in [0.15, 0.2) is 0 Å². The van der Waals surface area contributed by atoms with Crippen molar-refractivity contribution in [3.05, 3.63) is 46.1 Å². The van der Waals surface area contributed by atoms with Gasteiger partial charge in [-0.1, -0.05) is 41.9 Å². The zero-order valence-corrected chi connectivity index (χ0v) is 13.2. The zero-order chi connectivity index (χ0) is 14.7. The predicted molar refractivity (Wildman–Crippen MR) is 83.8 cm³/mol. The standard InChI is InChI=1S/C16H16BrN3/c1-10(2)6-13-8-14(15(9-18)16(19)20-13)11-4-3-5-12(17)7-11/h3-5,7-8,10H,6H2,1-2H3,(H2,19,20)/p+1. The van der Waals surface area contributed by atoms with Crippen molar-refractivity contribution in [2.24, 2.45) is 5.92 Å². The Balaban J connectivity index is 2.61. The van der Waals surface area contributed by atoms with Crippen molar-refractivity contribution in [2.45, 2.75) is 20.3 Å². The van der Waals surface area contributed by atoms with E-state index in [1.165, 1.54) is 0 Å². The molecule has 1 aromatic carbocycles. The smallest absolute Gasteiger partial charge is 0.286 e. The van der Waals surface area contributed by atoms with Crippen LogP contribution in [0.2, 0.25) is 0 Å². The van der Waals surface area contributed by atoms with E-state index in [0.717, 1.165) is 27.7 Å². The number of nitrogen functional groups attached to an aromatic ring is 1. The van der Waals surface area contributed by atoms with Crippen LogP contribution in [-0.2, 0) is 6.42 Å². The molecule has 1 aromatic heterocycles. The lowest BCUT2D eigenvalue weighted by Gasteiger charge is -2.09. The molecule has 0 bridgehead atoms. The monoisotopic (exact) mass is 330 g/mol. The summed E-state index contributed by atoms with van der Waals surface area (Å²) in [5, 5.41) is 9.34. The molecule has 0 aliphatic carbocycles. The molecular formula is C16H17BrN3+. The number of nitrogens with two attached hydrogens (primary N) is 1. The highest BCUT2D eigenvalue weighted by atomic mass is 79.9. The predicted octanol–water partition coefficient (Wildman–Crippen LogP) is 3.58. The number of halogens is 1. The first-order valence-corrected chi connectivity index (χ1v) is 7.31. The van der Waals surface area contributed by atoms with E-state index in [1.807, 2.05) is 30.3 Å². The Morgan fingerprint density at radius 1 is 1.35 bits per heavy atom. The lowest BCUT2D eigenvalue weighted by molar-refractivity contribution is -0.373. The van der Waals surface area contributed by atoms with Crippen molar-refractivity contribution < 1.29 is 4.98 Å². The number of rotatable bonds is 3. The molecule has 0 saturated heterocycles. The molecule has 3 N–H and O–H groups in total. The van der Waals surface area contributed by atoms with Crippen LogP contribution in [0.5, 0.6) is 0 Å². The molecule has 1 heterocycles. The Bertz CT molecular complexity index is 672. The van der Waals surface area contributed by atoms with Crippen LogP contribution >= 0.6 is 15.9 Å². The lowest BCUT2D eigenvalue weighted by Crippen LogP contribution is -2.20. The first kappa shape index (κ1) is 14.5. The average molecular weight is 331 g/mol. The van der Waals surface area contributed by atoms with Gasteiger partial charge in [-0.15, -0.1) is 0 Å². The second-order valence-corrected chi connectivity index (χ2v) is 6.13. The molecule has 0 amide bonds. The fourth-order valence-corrected chi connectivity index (χ4v) is 2.62. The molecule has 3 nitrogen and oxygen atoms in total. The quantitative estimate of drug-likeness (QED) is 0.934. The minimum absolute atomic E-state index is 0.431. The highest BCUT2D eigenvalue weighted by Crippen LogP contribution is 2.28. The molecule has 20 heavy (non-hydrogen) atoms. The summed E-state index contributed by atoms with van der Waals surface area (Å²) in [5.41, 5.74) is 9.40. The largest absolute Gasteiger partial charge is 0.289 e. The van der Waals surface area contributed by atoms with E-state index >= 15 is 0 Å². The summed E-state index contributed by atoms with van der Waals surface area (Å²) in [6.45, 7) is 4.31. The molecule has 102 valence electrons. The number of nitrogens with zero attached hydrogens (tertiary/aromatic N) is 1. The van der Waals surface area contributed by atoms with E-state index in [4.69, 9.17) is 5.73 Å². The number of benzene rings is 1. The number of aromatic nitrogens is 1. The first-order chi connectivity index (χ1) is 9.51. The maximum Gasteiger partial charge on any atom is 0.289 e. The molecule has 0 aliphatic rings. The fourth-order valence-electron chi connectivity index (χ4n) is 2.22. The minimum Gasteiger partial charge on any atom is -0.286 e. The Morgan fingerprint density at radius 3 is 2.70 bits per heavy atom. The highest BCUT2D eigenvalue weighted by Gasteiger charge is 2.16. The third kappa shape index (κ3) is 3.17. The molecule has 4 heteroatoms. The number of pyridine rings is 1.